The van der Waals surface area contributed by atoms with Gasteiger partial charge in [0.1, 0.15) is 0 Å². The largest absolute Gasteiger partial charge is 0.502 e. The molecule has 0 saturated carbocycles. The predicted octanol–water partition coefficient (Wildman–Crippen LogP) is 4.54. The predicted molar refractivity (Wildman–Crippen MR) is 117 cm³/mol. The maximum atomic E-state index is 12.7. The molecule has 1 unspecified atom stereocenters. The Bertz CT molecular complexity index is 1150. The van der Waals surface area contributed by atoms with Gasteiger partial charge in [0.25, 0.3) is 5.91 Å². The zero-order valence-corrected chi connectivity index (χ0v) is 17.6. The van der Waals surface area contributed by atoms with Gasteiger partial charge in [0.05, 0.1) is 11.2 Å². The molecule has 9 heteroatoms. The number of amides is 2. The first-order chi connectivity index (χ1) is 15.3. The van der Waals surface area contributed by atoms with Crippen molar-refractivity contribution >= 4 is 17.5 Å². The monoisotopic (exact) mass is 437 g/mol. The molecule has 9 nitrogen and oxygen atoms in total. The number of phenolic OH excluding ortho intramolecular Hbond substituents is 1. The average molecular weight is 437 g/mol. The second kappa shape index (κ2) is 9.78. The Labute approximate surface area is 184 Å². The standard InChI is InChI=1S/C23H23N3O6/c1-3-6-14(2)16-7-4-5-8-17(16)18-11-12-32-21(18)23(29)25-24-22(28)15-9-10-20(27)19(13-15)26(30)31/h4-5,7-14,27H,3,6H2,1-2H3,(H,24,28)(H,25,29). The van der Waals surface area contributed by atoms with Crippen LogP contribution in [-0.4, -0.2) is 21.8 Å². The molecule has 32 heavy (non-hydrogen) atoms. The summed E-state index contributed by atoms with van der Waals surface area (Å²) in [7, 11) is 0. The van der Waals surface area contributed by atoms with Crippen LogP contribution in [-0.2, 0) is 0 Å². The summed E-state index contributed by atoms with van der Waals surface area (Å²) in [5.74, 6) is -1.71. The van der Waals surface area contributed by atoms with E-state index in [0.29, 0.717) is 5.56 Å². The SMILES string of the molecule is CCCC(C)c1ccccc1-c1ccoc1C(=O)NNC(=O)c1ccc(O)c([N+](=O)[O-])c1. The minimum Gasteiger partial charge on any atom is -0.502 e. The molecular weight excluding hydrogens is 414 g/mol. The fourth-order valence-electron chi connectivity index (χ4n) is 3.51. The number of carbonyl (C=O) groups excluding carboxylic acids is 2. The summed E-state index contributed by atoms with van der Waals surface area (Å²) in [6, 6.07) is 12.6. The highest BCUT2D eigenvalue weighted by Crippen LogP contribution is 2.34. The summed E-state index contributed by atoms with van der Waals surface area (Å²) in [6.45, 7) is 4.24. The zero-order valence-electron chi connectivity index (χ0n) is 17.6. The number of nitrogens with one attached hydrogen (secondary N) is 2. The fraction of sp³-hybridized carbons (Fsp3) is 0.217. The Kier molecular flexibility index (Phi) is 6.89. The van der Waals surface area contributed by atoms with Crippen molar-refractivity contribution in [2.45, 2.75) is 32.6 Å². The highest BCUT2D eigenvalue weighted by atomic mass is 16.6. The number of nitro groups is 1. The Hall–Kier alpha value is -4.14. The molecule has 3 N–H and O–H groups in total. The normalized spacial score (nSPS) is 11.6. The lowest BCUT2D eigenvalue weighted by Crippen LogP contribution is -2.41. The maximum absolute atomic E-state index is 12.7. The number of furan rings is 1. The Morgan fingerprint density at radius 2 is 1.81 bits per heavy atom. The summed E-state index contributed by atoms with van der Waals surface area (Å²) in [4.78, 5) is 35.1. The number of carbonyl (C=O) groups is 2. The van der Waals surface area contributed by atoms with E-state index >= 15 is 0 Å². The van der Waals surface area contributed by atoms with Gasteiger partial charge in [-0.05, 0) is 41.7 Å². The van der Waals surface area contributed by atoms with E-state index in [1.165, 1.54) is 12.3 Å². The third kappa shape index (κ3) is 4.77. The number of hydrogen-bond donors (Lipinski definition) is 3. The Balaban J connectivity index is 1.78. The molecule has 0 fully saturated rings. The van der Waals surface area contributed by atoms with Crippen LogP contribution in [0.25, 0.3) is 11.1 Å². The van der Waals surface area contributed by atoms with Crippen LogP contribution in [0.5, 0.6) is 5.75 Å². The van der Waals surface area contributed by atoms with Crippen LogP contribution in [0.1, 0.15) is 59.1 Å². The van der Waals surface area contributed by atoms with E-state index in [2.05, 4.69) is 24.7 Å². The number of nitro benzene ring substituents is 1. The van der Waals surface area contributed by atoms with Gasteiger partial charge in [-0.1, -0.05) is 44.5 Å². The van der Waals surface area contributed by atoms with Gasteiger partial charge in [-0.2, -0.15) is 0 Å². The lowest BCUT2D eigenvalue weighted by Gasteiger charge is -2.16. The van der Waals surface area contributed by atoms with Gasteiger partial charge in [-0.15, -0.1) is 0 Å². The second-order valence-electron chi connectivity index (χ2n) is 7.31. The van der Waals surface area contributed by atoms with Crippen LogP contribution < -0.4 is 10.9 Å². The first kappa shape index (κ1) is 22.5. The first-order valence-electron chi connectivity index (χ1n) is 10.1. The molecule has 1 aromatic heterocycles. The minimum atomic E-state index is -0.809. The third-order valence-electron chi connectivity index (χ3n) is 5.10. The maximum Gasteiger partial charge on any atom is 0.311 e. The molecule has 2 amide bonds. The summed E-state index contributed by atoms with van der Waals surface area (Å²) in [5.41, 5.74) is 6.30. The van der Waals surface area contributed by atoms with Crippen molar-refractivity contribution in [1.82, 2.24) is 10.9 Å². The highest BCUT2D eigenvalue weighted by Gasteiger charge is 2.22. The van der Waals surface area contributed by atoms with Gasteiger partial charge in [0.2, 0.25) is 5.76 Å². The molecule has 2 aromatic carbocycles. The molecule has 3 rings (SSSR count). The van der Waals surface area contributed by atoms with Gasteiger partial charge >= 0.3 is 11.6 Å². The lowest BCUT2D eigenvalue weighted by molar-refractivity contribution is -0.385. The van der Waals surface area contributed by atoms with E-state index < -0.39 is 28.2 Å². The number of nitrogens with zero attached hydrogens (tertiary/aromatic N) is 1. The van der Waals surface area contributed by atoms with Gasteiger partial charge in [-0.25, -0.2) is 0 Å². The molecule has 166 valence electrons. The number of benzene rings is 2. The van der Waals surface area contributed by atoms with Crippen LogP contribution in [0, 0.1) is 10.1 Å². The van der Waals surface area contributed by atoms with Crippen LogP contribution in [0.15, 0.2) is 59.2 Å². The zero-order chi connectivity index (χ0) is 23.3. The van der Waals surface area contributed by atoms with E-state index in [9.17, 15) is 24.8 Å². The van der Waals surface area contributed by atoms with Gasteiger partial charge in [0, 0.05) is 17.2 Å². The van der Waals surface area contributed by atoms with Crippen molar-refractivity contribution in [1.29, 1.82) is 0 Å². The quantitative estimate of drug-likeness (QED) is 0.367. The number of hydrazine groups is 1. The van der Waals surface area contributed by atoms with Crippen molar-refractivity contribution < 1.29 is 24.0 Å². The van der Waals surface area contributed by atoms with Crippen molar-refractivity contribution in [3.05, 3.63) is 81.8 Å². The first-order valence-corrected chi connectivity index (χ1v) is 10.1. The van der Waals surface area contributed by atoms with Gasteiger partial charge < -0.3 is 9.52 Å². The van der Waals surface area contributed by atoms with Gasteiger partial charge in [0.15, 0.2) is 5.75 Å². The smallest absolute Gasteiger partial charge is 0.311 e. The van der Waals surface area contributed by atoms with E-state index in [1.807, 2.05) is 24.3 Å². The molecule has 0 radical (unpaired) electrons. The van der Waals surface area contributed by atoms with Crippen molar-refractivity contribution in [3.63, 3.8) is 0 Å². The number of hydrogen-bond acceptors (Lipinski definition) is 6. The van der Waals surface area contributed by atoms with Crippen molar-refractivity contribution in [2.75, 3.05) is 0 Å². The molecule has 0 aliphatic heterocycles. The summed E-state index contributed by atoms with van der Waals surface area (Å²) in [5, 5.41) is 20.4. The second-order valence-corrected chi connectivity index (χ2v) is 7.31. The Morgan fingerprint density at radius 1 is 1.09 bits per heavy atom. The van der Waals surface area contributed by atoms with Crippen LogP contribution in [0.4, 0.5) is 5.69 Å². The van der Waals surface area contributed by atoms with Crippen LogP contribution in [0.2, 0.25) is 0 Å². The number of phenols is 1. The molecular formula is C23H23N3O6. The van der Waals surface area contributed by atoms with E-state index in [0.717, 1.165) is 36.1 Å². The number of rotatable bonds is 7. The number of aromatic hydroxyl groups is 1. The molecule has 0 bridgehead atoms. The van der Waals surface area contributed by atoms with Crippen molar-refractivity contribution in [3.8, 4) is 16.9 Å². The third-order valence-corrected chi connectivity index (χ3v) is 5.10. The molecule has 0 spiro atoms. The van der Waals surface area contributed by atoms with Gasteiger partial charge in [-0.3, -0.25) is 30.6 Å². The van der Waals surface area contributed by atoms with E-state index in [1.54, 1.807) is 6.07 Å². The molecule has 1 atom stereocenters. The van der Waals surface area contributed by atoms with Crippen molar-refractivity contribution in [2.24, 2.45) is 0 Å². The van der Waals surface area contributed by atoms with Crippen LogP contribution in [0.3, 0.4) is 0 Å². The topological polar surface area (TPSA) is 135 Å². The summed E-state index contributed by atoms with van der Waals surface area (Å²) in [6.07, 6.45) is 3.41. The molecule has 0 aliphatic rings. The fourth-order valence-corrected chi connectivity index (χ4v) is 3.51. The molecule has 0 aliphatic carbocycles. The highest BCUT2D eigenvalue weighted by molar-refractivity contribution is 6.01. The molecule has 3 aromatic rings. The Morgan fingerprint density at radius 3 is 2.53 bits per heavy atom. The average Bonchev–Trinajstić information content (AvgIpc) is 3.27. The molecule has 1 heterocycles. The molecule has 0 saturated heterocycles. The van der Waals surface area contributed by atoms with E-state index in [4.69, 9.17) is 4.42 Å². The summed E-state index contributed by atoms with van der Waals surface area (Å²) < 4.78 is 5.39. The minimum absolute atomic E-state index is 0.0261. The lowest BCUT2D eigenvalue weighted by atomic mass is 9.89. The van der Waals surface area contributed by atoms with Crippen LogP contribution >= 0.6 is 0 Å². The summed E-state index contributed by atoms with van der Waals surface area (Å²) >= 11 is 0. The van der Waals surface area contributed by atoms with E-state index in [-0.39, 0.29) is 17.2 Å².